The first kappa shape index (κ1) is 11.1. The fourth-order valence-corrected chi connectivity index (χ4v) is 2.07. The maximum absolute atomic E-state index is 13.7. The minimum Gasteiger partial charge on any atom is -0.309 e. The molecule has 0 saturated heterocycles. The van der Waals surface area contributed by atoms with Gasteiger partial charge in [-0.3, -0.25) is 0 Å². The number of nitrogens with one attached hydrogen (secondary N) is 1. The molecular weight excluding hydrogens is 203 g/mol. The van der Waals surface area contributed by atoms with Crippen LogP contribution in [0.2, 0.25) is 0 Å². The van der Waals surface area contributed by atoms with Gasteiger partial charge in [0, 0.05) is 18.2 Å². The van der Waals surface area contributed by atoms with Crippen LogP contribution in [0.25, 0.3) is 0 Å². The van der Waals surface area contributed by atoms with Crippen molar-refractivity contribution in [1.29, 1.82) is 0 Å². The molecule has 0 amide bonds. The highest BCUT2D eigenvalue weighted by molar-refractivity contribution is 5.92. The van der Waals surface area contributed by atoms with Crippen LogP contribution in [-0.2, 0) is 0 Å². The summed E-state index contributed by atoms with van der Waals surface area (Å²) >= 11 is 0. The topological polar surface area (TPSA) is 24.4 Å². The van der Waals surface area contributed by atoms with Gasteiger partial charge in [-0.1, -0.05) is 31.5 Å². The van der Waals surface area contributed by atoms with Gasteiger partial charge in [-0.15, -0.1) is 0 Å². The molecule has 0 fully saturated rings. The van der Waals surface area contributed by atoms with Crippen molar-refractivity contribution >= 4 is 5.71 Å². The Hall–Kier alpha value is -1.38. The molecule has 1 aliphatic heterocycles. The molecule has 0 spiro atoms. The Morgan fingerprint density at radius 3 is 3.00 bits per heavy atom. The Balaban J connectivity index is 2.15. The fraction of sp³-hybridized carbons (Fsp3) is 0.462. The first-order chi connectivity index (χ1) is 7.83. The van der Waals surface area contributed by atoms with E-state index >= 15 is 0 Å². The first-order valence-corrected chi connectivity index (χ1v) is 5.86. The van der Waals surface area contributed by atoms with Crippen LogP contribution in [0.15, 0.2) is 29.4 Å². The Morgan fingerprint density at radius 1 is 1.44 bits per heavy atom. The van der Waals surface area contributed by atoms with Crippen LogP contribution in [0.4, 0.5) is 4.39 Å². The summed E-state index contributed by atoms with van der Waals surface area (Å²) in [6.07, 6.45) is 3.22. The smallest absolute Gasteiger partial charge is 0.127 e. The number of benzene rings is 1. The van der Waals surface area contributed by atoms with E-state index in [1.807, 2.05) is 12.1 Å². The van der Waals surface area contributed by atoms with Crippen molar-refractivity contribution in [3.63, 3.8) is 0 Å². The molecule has 2 nitrogen and oxygen atoms in total. The molecule has 0 saturated carbocycles. The van der Waals surface area contributed by atoms with E-state index < -0.39 is 0 Å². The summed E-state index contributed by atoms with van der Waals surface area (Å²) in [7, 11) is 0. The minimum absolute atomic E-state index is 0.118. The first-order valence-electron chi connectivity index (χ1n) is 5.86. The molecule has 1 aromatic rings. The predicted octanol–water partition coefficient (Wildman–Crippen LogP) is 3.06. The highest BCUT2D eigenvalue weighted by atomic mass is 19.1. The molecule has 0 radical (unpaired) electrons. The Bertz CT molecular complexity index is 387. The van der Waals surface area contributed by atoms with E-state index in [-0.39, 0.29) is 11.7 Å². The number of halogens is 1. The SMILES string of the molecule is CCCCC1=NNCC1c1ccccc1F. The van der Waals surface area contributed by atoms with Crippen LogP contribution in [0.1, 0.15) is 37.7 Å². The summed E-state index contributed by atoms with van der Waals surface area (Å²) in [5.41, 5.74) is 4.83. The Labute approximate surface area is 95.6 Å². The van der Waals surface area contributed by atoms with Crippen molar-refractivity contribution < 1.29 is 4.39 Å². The molecule has 1 aliphatic rings. The van der Waals surface area contributed by atoms with Crippen LogP contribution < -0.4 is 5.43 Å². The van der Waals surface area contributed by atoms with Gasteiger partial charge in [0.1, 0.15) is 5.82 Å². The standard InChI is InChI=1S/C13H17FN2/c1-2-3-8-13-11(9-15-16-13)10-6-4-5-7-12(10)14/h4-7,11,15H,2-3,8-9H2,1H3. The van der Waals surface area contributed by atoms with Gasteiger partial charge >= 0.3 is 0 Å². The van der Waals surface area contributed by atoms with Crippen LogP contribution in [0, 0.1) is 5.82 Å². The van der Waals surface area contributed by atoms with Gasteiger partial charge in [-0.2, -0.15) is 5.10 Å². The van der Waals surface area contributed by atoms with E-state index in [4.69, 9.17) is 0 Å². The second-order valence-electron chi connectivity index (χ2n) is 4.14. The summed E-state index contributed by atoms with van der Waals surface area (Å²) in [6.45, 7) is 2.88. The highest BCUT2D eigenvalue weighted by Gasteiger charge is 2.24. The van der Waals surface area contributed by atoms with E-state index in [0.29, 0.717) is 0 Å². The molecular formula is C13H17FN2. The fourth-order valence-electron chi connectivity index (χ4n) is 2.07. The van der Waals surface area contributed by atoms with E-state index in [0.717, 1.165) is 37.1 Å². The maximum atomic E-state index is 13.7. The van der Waals surface area contributed by atoms with Crippen molar-refractivity contribution in [1.82, 2.24) is 5.43 Å². The lowest BCUT2D eigenvalue weighted by Gasteiger charge is -2.12. The number of nitrogens with zero attached hydrogens (tertiary/aromatic N) is 1. The van der Waals surface area contributed by atoms with Crippen LogP contribution in [0.3, 0.4) is 0 Å². The van der Waals surface area contributed by atoms with Crippen molar-refractivity contribution in [3.8, 4) is 0 Å². The normalized spacial score (nSPS) is 19.4. The zero-order valence-corrected chi connectivity index (χ0v) is 9.54. The Morgan fingerprint density at radius 2 is 2.25 bits per heavy atom. The van der Waals surface area contributed by atoms with Crippen molar-refractivity contribution in [2.45, 2.75) is 32.1 Å². The van der Waals surface area contributed by atoms with Crippen LogP contribution in [-0.4, -0.2) is 12.3 Å². The van der Waals surface area contributed by atoms with Gasteiger partial charge in [-0.25, -0.2) is 4.39 Å². The molecule has 1 heterocycles. The zero-order chi connectivity index (χ0) is 11.4. The van der Waals surface area contributed by atoms with Gasteiger partial charge in [0.2, 0.25) is 0 Å². The number of rotatable bonds is 4. The third kappa shape index (κ3) is 2.23. The summed E-state index contributed by atoms with van der Waals surface area (Å²) in [6, 6.07) is 6.98. The number of hydrazone groups is 1. The van der Waals surface area contributed by atoms with Gasteiger partial charge < -0.3 is 5.43 Å². The molecule has 1 aromatic carbocycles. The molecule has 1 unspecified atom stereocenters. The summed E-state index contributed by atoms with van der Waals surface area (Å²) in [5.74, 6) is -0.00634. The third-order valence-electron chi connectivity index (χ3n) is 2.99. The van der Waals surface area contributed by atoms with Crippen LogP contribution in [0.5, 0.6) is 0 Å². The molecule has 0 aromatic heterocycles. The van der Waals surface area contributed by atoms with E-state index in [1.54, 1.807) is 6.07 Å². The number of hydrogen-bond acceptors (Lipinski definition) is 2. The average Bonchev–Trinajstić information content (AvgIpc) is 2.75. The minimum atomic E-state index is -0.125. The van der Waals surface area contributed by atoms with Gasteiger partial charge in [-0.05, 0) is 24.5 Å². The summed E-state index contributed by atoms with van der Waals surface area (Å²) in [4.78, 5) is 0. The summed E-state index contributed by atoms with van der Waals surface area (Å²) in [5, 5.41) is 4.27. The highest BCUT2D eigenvalue weighted by Crippen LogP contribution is 2.25. The monoisotopic (exact) mass is 220 g/mol. The molecule has 0 bridgehead atoms. The van der Waals surface area contributed by atoms with Crippen molar-refractivity contribution in [2.75, 3.05) is 6.54 Å². The molecule has 2 rings (SSSR count). The molecule has 1 N–H and O–H groups in total. The van der Waals surface area contributed by atoms with E-state index in [9.17, 15) is 4.39 Å². The second kappa shape index (κ2) is 5.10. The summed E-state index contributed by atoms with van der Waals surface area (Å²) < 4.78 is 13.7. The van der Waals surface area contributed by atoms with Crippen molar-refractivity contribution in [2.24, 2.45) is 5.10 Å². The number of hydrogen-bond donors (Lipinski definition) is 1. The average molecular weight is 220 g/mol. The van der Waals surface area contributed by atoms with Gasteiger partial charge in [0.15, 0.2) is 0 Å². The lowest BCUT2D eigenvalue weighted by Crippen LogP contribution is -2.15. The van der Waals surface area contributed by atoms with Crippen LogP contribution >= 0.6 is 0 Å². The second-order valence-corrected chi connectivity index (χ2v) is 4.14. The molecule has 16 heavy (non-hydrogen) atoms. The quantitative estimate of drug-likeness (QED) is 0.828. The lowest BCUT2D eigenvalue weighted by molar-refractivity contribution is 0.600. The predicted molar refractivity (Wildman–Crippen MR) is 64.1 cm³/mol. The molecule has 1 atom stereocenters. The van der Waals surface area contributed by atoms with E-state index in [1.165, 1.54) is 6.07 Å². The zero-order valence-electron chi connectivity index (χ0n) is 9.54. The Kier molecular flexibility index (Phi) is 3.54. The van der Waals surface area contributed by atoms with Gasteiger partial charge in [0.25, 0.3) is 0 Å². The molecule has 3 heteroatoms. The number of unbranched alkanes of at least 4 members (excludes halogenated alkanes) is 1. The largest absolute Gasteiger partial charge is 0.309 e. The molecule has 0 aliphatic carbocycles. The third-order valence-corrected chi connectivity index (χ3v) is 2.99. The van der Waals surface area contributed by atoms with Crippen molar-refractivity contribution in [3.05, 3.63) is 35.6 Å². The maximum Gasteiger partial charge on any atom is 0.127 e. The lowest BCUT2D eigenvalue weighted by atomic mass is 9.92. The van der Waals surface area contributed by atoms with Gasteiger partial charge in [0.05, 0.1) is 0 Å². The molecule has 86 valence electrons. The van der Waals surface area contributed by atoms with E-state index in [2.05, 4.69) is 17.5 Å².